The third-order valence-electron chi connectivity index (χ3n) is 4.77. The van der Waals surface area contributed by atoms with Crippen LogP contribution in [-0.4, -0.2) is 45.9 Å². The van der Waals surface area contributed by atoms with Crippen molar-refractivity contribution in [1.82, 2.24) is 19.9 Å². The molecule has 4 rings (SSSR count). The van der Waals surface area contributed by atoms with Crippen LogP contribution >= 0.6 is 49.7 Å². The molecule has 0 amide bonds. The van der Waals surface area contributed by atoms with Crippen LogP contribution in [0.4, 0.5) is 23.3 Å². The van der Waals surface area contributed by atoms with E-state index in [2.05, 4.69) is 55.8 Å². The van der Waals surface area contributed by atoms with Crippen LogP contribution in [0.5, 0.6) is 0 Å². The van der Waals surface area contributed by atoms with E-state index in [-0.39, 0.29) is 113 Å². The Hall–Kier alpha value is -0.840. The first-order valence-corrected chi connectivity index (χ1v) is 14.6. The van der Waals surface area contributed by atoms with Gasteiger partial charge in [-0.3, -0.25) is 0 Å². The van der Waals surface area contributed by atoms with Gasteiger partial charge < -0.3 is 29.7 Å². The molecule has 2 aromatic carbocycles. The zero-order chi connectivity index (χ0) is 27.8. The van der Waals surface area contributed by atoms with E-state index in [0.29, 0.717) is 0 Å². The van der Waals surface area contributed by atoms with E-state index in [4.69, 9.17) is 24.4 Å². The molecule has 0 aliphatic heterocycles. The fourth-order valence-corrected chi connectivity index (χ4v) is 5.83. The molecular formula is C20H14N6Na2O6S6. The maximum absolute atomic E-state index is 12.2. The summed E-state index contributed by atoms with van der Waals surface area (Å²) in [5, 5.41) is 6.09. The third kappa shape index (κ3) is 9.08. The first-order valence-electron chi connectivity index (χ1n) is 10.0. The Kier molecular flexibility index (Phi) is 12.5. The fraction of sp³-hybridized carbons (Fsp3) is 0. The number of anilines is 4. The zero-order valence-electron chi connectivity index (χ0n) is 20.5. The van der Waals surface area contributed by atoms with Gasteiger partial charge in [-0.2, -0.15) is 0 Å². The quantitative estimate of drug-likeness (QED) is 0.0422. The molecule has 0 aliphatic rings. The molecule has 2 aromatic heterocycles. The molecular weight excluding hydrogens is 659 g/mol. The standard InChI is InChI=1S/C20H16N6O6S6.2Na/c27-37(28,29)13-5-9(21-19-23-15(33)7-16(34)24-19)1-3-11(13)12-4-2-10(6-14(12)38(30,31)32)22-20-25-17(35)8-18(36)26-20;;/h1-8H,(H,27,28,29)(H,30,31,32)(H3,21,23,24,33,34)(H3,22,25,26,35,36);;/q;2*+1/p-2. The van der Waals surface area contributed by atoms with Crippen molar-refractivity contribution in [2.45, 2.75) is 19.8 Å². The van der Waals surface area contributed by atoms with Crippen LogP contribution in [0.3, 0.4) is 0 Å². The van der Waals surface area contributed by atoms with Crippen LogP contribution in [-0.2, 0) is 20.2 Å². The van der Waals surface area contributed by atoms with E-state index in [0.717, 1.165) is 12.1 Å². The Morgan fingerprint density at radius 2 is 1.02 bits per heavy atom. The molecule has 0 saturated carbocycles. The maximum atomic E-state index is 12.2. The number of thiol groups is 2. The van der Waals surface area contributed by atoms with Gasteiger partial charge in [-0.25, -0.2) is 26.8 Å². The van der Waals surface area contributed by atoms with Crippen LogP contribution in [0.1, 0.15) is 0 Å². The van der Waals surface area contributed by atoms with Gasteiger partial charge >= 0.3 is 59.1 Å². The molecule has 198 valence electrons. The number of nitrogens with zero attached hydrogens (tertiary/aromatic N) is 2. The fourth-order valence-electron chi connectivity index (χ4n) is 3.34. The van der Waals surface area contributed by atoms with Crippen LogP contribution in [0, 0.1) is 9.28 Å². The number of aromatic nitrogens is 4. The van der Waals surface area contributed by atoms with Gasteiger partial charge in [0, 0.05) is 34.6 Å². The van der Waals surface area contributed by atoms with Gasteiger partial charge in [-0.1, -0.05) is 36.6 Å². The molecule has 20 heteroatoms. The monoisotopic (exact) mass is 672 g/mol. The van der Waals surface area contributed by atoms with Gasteiger partial charge in [-0.05, 0) is 24.3 Å². The summed E-state index contributed by atoms with van der Waals surface area (Å²) in [6.07, 6.45) is 0. The topological polar surface area (TPSA) is 196 Å². The molecule has 0 fully saturated rings. The predicted molar refractivity (Wildman–Crippen MR) is 148 cm³/mol. The summed E-state index contributed by atoms with van der Waals surface area (Å²) in [5.41, 5.74) is -0.383. The van der Waals surface area contributed by atoms with Crippen molar-refractivity contribution >= 4 is 93.2 Å². The average Bonchev–Trinajstić information content (AvgIpc) is 2.76. The molecule has 0 saturated heterocycles. The number of hydrogen-bond acceptors (Lipinski definition) is 14. The van der Waals surface area contributed by atoms with E-state index < -0.39 is 30.0 Å². The molecule has 4 aromatic rings. The summed E-state index contributed by atoms with van der Waals surface area (Å²) >= 11 is 18.3. The van der Waals surface area contributed by atoms with Gasteiger partial charge in [0.15, 0.2) is 0 Å². The van der Waals surface area contributed by atoms with E-state index >= 15 is 0 Å². The van der Waals surface area contributed by atoms with E-state index in [9.17, 15) is 25.9 Å². The van der Waals surface area contributed by atoms with Crippen molar-refractivity contribution < 1.29 is 85.1 Å². The second-order valence-corrected chi connectivity index (χ2v) is 12.0. The first kappa shape index (κ1) is 35.4. The van der Waals surface area contributed by atoms with E-state index in [1.807, 2.05) is 0 Å². The van der Waals surface area contributed by atoms with Crippen molar-refractivity contribution in [2.75, 3.05) is 10.6 Å². The summed E-state index contributed by atoms with van der Waals surface area (Å²) in [4.78, 5) is 12.0. The SMILES string of the molecule is O=S(=O)([O-])c1cc(Nc2nc(S)cc(=S)[nH]2)ccc1-c1ccc(Nc2nc(S)cc(=S)[nH]2)cc1S(=O)(=O)[O-].[Na+].[Na+]. The Morgan fingerprint density at radius 3 is 1.32 bits per heavy atom. The predicted octanol–water partition coefficient (Wildman–Crippen LogP) is -1.86. The van der Waals surface area contributed by atoms with Gasteiger partial charge in [0.05, 0.1) is 19.8 Å². The van der Waals surface area contributed by atoms with Crippen LogP contribution in [0.2, 0.25) is 0 Å². The molecule has 12 nitrogen and oxygen atoms in total. The molecule has 0 spiro atoms. The third-order valence-corrected chi connectivity index (χ3v) is 7.42. The van der Waals surface area contributed by atoms with Crippen molar-refractivity contribution in [1.29, 1.82) is 0 Å². The number of hydrogen-bond donors (Lipinski definition) is 6. The minimum Gasteiger partial charge on any atom is -0.744 e. The molecule has 0 unspecified atom stereocenters. The first-order chi connectivity index (χ1) is 17.7. The van der Waals surface area contributed by atoms with Gasteiger partial charge in [-0.15, -0.1) is 25.3 Å². The van der Waals surface area contributed by atoms with Crippen LogP contribution in [0.15, 0.2) is 68.4 Å². The second kappa shape index (κ2) is 14.1. The van der Waals surface area contributed by atoms with E-state index in [1.54, 1.807) is 0 Å². The number of benzene rings is 2. The van der Waals surface area contributed by atoms with Crippen LogP contribution < -0.4 is 69.7 Å². The second-order valence-electron chi connectivity index (χ2n) is 7.48. The summed E-state index contributed by atoms with van der Waals surface area (Å²) in [6.45, 7) is 0. The van der Waals surface area contributed by atoms with Crippen LogP contribution in [0.25, 0.3) is 11.1 Å². The molecule has 0 bridgehead atoms. The van der Waals surface area contributed by atoms with Crippen molar-refractivity contribution in [3.8, 4) is 11.1 Å². The minimum absolute atomic E-state index is 0. The van der Waals surface area contributed by atoms with Gasteiger partial charge in [0.2, 0.25) is 11.9 Å². The molecule has 0 aliphatic carbocycles. The molecule has 40 heavy (non-hydrogen) atoms. The number of rotatable bonds is 7. The number of H-pyrrole nitrogens is 2. The summed E-state index contributed by atoms with van der Waals surface area (Å²) in [5.74, 6) is 0.223. The largest absolute Gasteiger partial charge is 1.00 e. The smallest absolute Gasteiger partial charge is 0.744 e. The Bertz CT molecular complexity index is 1780. The summed E-state index contributed by atoms with van der Waals surface area (Å²) in [7, 11) is -10.3. The normalized spacial score (nSPS) is 11.2. The van der Waals surface area contributed by atoms with Crippen molar-refractivity contribution in [3.05, 3.63) is 57.8 Å². The Labute approximate surface area is 294 Å². The molecule has 0 atom stereocenters. The number of nitrogens with one attached hydrogen (secondary N) is 4. The van der Waals surface area contributed by atoms with Gasteiger partial charge in [0.25, 0.3) is 0 Å². The summed E-state index contributed by atoms with van der Waals surface area (Å²) < 4.78 is 73.6. The summed E-state index contributed by atoms with van der Waals surface area (Å²) in [6, 6.07) is 10.0. The molecule has 4 N–H and O–H groups in total. The maximum Gasteiger partial charge on any atom is 1.00 e. The zero-order valence-corrected chi connectivity index (χ0v) is 29.5. The minimum atomic E-state index is -5.15. The molecule has 2 heterocycles. The Morgan fingerprint density at radius 1 is 0.675 bits per heavy atom. The van der Waals surface area contributed by atoms with Crippen molar-refractivity contribution in [3.63, 3.8) is 0 Å². The number of aromatic amines is 2. The molecule has 0 radical (unpaired) electrons. The van der Waals surface area contributed by atoms with Gasteiger partial charge in [0.1, 0.15) is 29.5 Å². The average molecular weight is 673 g/mol. The van der Waals surface area contributed by atoms with Crippen molar-refractivity contribution in [2.24, 2.45) is 0 Å². The van der Waals surface area contributed by atoms with E-state index in [1.165, 1.54) is 36.4 Å². The Balaban J connectivity index is 0.00000280.